The second-order valence-electron chi connectivity index (χ2n) is 7.58. The topological polar surface area (TPSA) is 87.7 Å². The summed E-state index contributed by atoms with van der Waals surface area (Å²) in [6.07, 6.45) is 2.16. The summed E-state index contributed by atoms with van der Waals surface area (Å²) in [7, 11) is -2.14. The van der Waals surface area contributed by atoms with E-state index in [9.17, 15) is 13.2 Å². The van der Waals surface area contributed by atoms with Crippen molar-refractivity contribution in [1.82, 2.24) is 14.9 Å². The van der Waals surface area contributed by atoms with Gasteiger partial charge in [0, 0.05) is 24.7 Å². The Balaban J connectivity index is 1.42. The molecule has 0 spiro atoms. The van der Waals surface area contributed by atoms with Crippen molar-refractivity contribution >= 4 is 27.6 Å². The predicted molar refractivity (Wildman–Crippen MR) is 109 cm³/mol. The van der Waals surface area contributed by atoms with Crippen molar-refractivity contribution < 1.29 is 17.9 Å². The van der Waals surface area contributed by atoms with E-state index in [2.05, 4.69) is 25.7 Å². The van der Waals surface area contributed by atoms with E-state index in [0.29, 0.717) is 12.5 Å². The minimum absolute atomic E-state index is 0.250. The lowest BCUT2D eigenvalue weighted by Crippen LogP contribution is -2.41. The van der Waals surface area contributed by atoms with Gasteiger partial charge in [0.2, 0.25) is 10.0 Å². The van der Waals surface area contributed by atoms with Crippen molar-refractivity contribution in [1.29, 1.82) is 0 Å². The number of ether oxygens (including phenoxy) is 1. The Hall–Kier alpha value is -1.19. The predicted octanol–water partition coefficient (Wildman–Crippen LogP) is 1.37. The molecule has 3 rings (SSSR count). The van der Waals surface area contributed by atoms with Crippen LogP contribution in [-0.4, -0.2) is 63.9 Å². The number of nitrogens with zero attached hydrogens (tertiary/aromatic N) is 1. The Bertz CT molecular complexity index is 781. The molecule has 0 radical (unpaired) electrons. The number of sulfonamides is 1. The van der Waals surface area contributed by atoms with E-state index in [1.807, 2.05) is 18.2 Å². The van der Waals surface area contributed by atoms with Crippen molar-refractivity contribution in [3.05, 3.63) is 34.9 Å². The summed E-state index contributed by atoms with van der Waals surface area (Å²) < 4.78 is 32.5. The van der Waals surface area contributed by atoms with Crippen LogP contribution in [0, 0.1) is 5.92 Å². The van der Waals surface area contributed by atoms with Gasteiger partial charge in [-0.25, -0.2) is 13.1 Å². The number of hydrogen-bond acceptors (Lipinski definition) is 6. The van der Waals surface area contributed by atoms with Gasteiger partial charge in [0.25, 0.3) is 0 Å². The van der Waals surface area contributed by atoms with Crippen LogP contribution in [0.5, 0.6) is 0 Å². The zero-order chi connectivity index (χ0) is 20.1. The maximum Gasteiger partial charge on any atom is 0.322 e. The molecule has 2 unspecified atom stereocenters. The molecule has 2 heterocycles. The maximum absolute atomic E-state index is 12.5. The van der Waals surface area contributed by atoms with Gasteiger partial charge in [-0.1, -0.05) is 23.7 Å². The van der Waals surface area contributed by atoms with Crippen molar-refractivity contribution in [3.63, 3.8) is 0 Å². The first-order valence-electron chi connectivity index (χ1n) is 9.64. The normalized spacial score (nSPS) is 24.4. The molecule has 156 valence electrons. The Labute approximate surface area is 171 Å². The highest BCUT2D eigenvalue weighted by Crippen LogP contribution is 2.21. The molecular formula is C19H28ClN3O4S. The molecule has 0 amide bonds. The van der Waals surface area contributed by atoms with Crippen molar-refractivity contribution in [2.45, 2.75) is 37.1 Å². The van der Waals surface area contributed by atoms with Crippen LogP contribution in [0.2, 0.25) is 5.02 Å². The van der Waals surface area contributed by atoms with E-state index in [1.165, 1.54) is 12.7 Å². The molecule has 7 nitrogen and oxygen atoms in total. The lowest BCUT2D eigenvalue weighted by molar-refractivity contribution is -0.142. The fourth-order valence-corrected chi connectivity index (χ4v) is 5.53. The minimum atomic E-state index is -3.45. The molecule has 2 saturated heterocycles. The van der Waals surface area contributed by atoms with Gasteiger partial charge in [0.05, 0.1) is 12.4 Å². The molecule has 2 N–H and O–H groups in total. The first-order valence-corrected chi connectivity index (χ1v) is 11.6. The fourth-order valence-electron chi connectivity index (χ4n) is 3.86. The zero-order valence-electron chi connectivity index (χ0n) is 16.1. The van der Waals surface area contributed by atoms with Crippen LogP contribution in [0.15, 0.2) is 24.3 Å². The summed E-state index contributed by atoms with van der Waals surface area (Å²) in [5.74, 6) is -0.0825. The lowest BCUT2D eigenvalue weighted by Gasteiger charge is -2.32. The third kappa shape index (κ3) is 5.67. The molecule has 2 aliphatic rings. The van der Waals surface area contributed by atoms with Gasteiger partial charge in [0.1, 0.15) is 6.04 Å². The molecule has 0 aromatic heterocycles. The highest BCUT2D eigenvalue weighted by Gasteiger charge is 2.37. The van der Waals surface area contributed by atoms with E-state index < -0.39 is 27.3 Å². The SMILES string of the molecule is COC(=O)C1CC(S(=O)(=O)NCC2CCN(Cc3cccc(Cl)c3)CC2)CN1. The van der Waals surface area contributed by atoms with Crippen LogP contribution in [0.4, 0.5) is 0 Å². The smallest absolute Gasteiger partial charge is 0.322 e. The first-order chi connectivity index (χ1) is 13.4. The van der Waals surface area contributed by atoms with E-state index >= 15 is 0 Å². The molecule has 0 bridgehead atoms. The minimum Gasteiger partial charge on any atom is -0.468 e. The highest BCUT2D eigenvalue weighted by molar-refractivity contribution is 7.90. The lowest BCUT2D eigenvalue weighted by atomic mass is 9.97. The number of hydrogen-bond donors (Lipinski definition) is 2. The average molecular weight is 430 g/mol. The standard InChI is InChI=1S/C19H28ClN3O4S/c1-27-19(24)18-10-17(12-21-18)28(25,26)22-11-14-5-7-23(8-6-14)13-15-3-2-4-16(20)9-15/h2-4,9,14,17-18,21-22H,5-8,10-13H2,1H3. The van der Waals surface area contributed by atoms with Crippen LogP contribution in [-0.2, 0) is 26.1 Å². The largest absolute Gasteiger partial charge is 0.468 e. The average Bonchev–Trinajstić information content (AvgIpc) is 3.18. The van der Waals surface area contributed by atoms with Crippen molar-refractivity contribution in [2.24, 2.45) is 5.92 Å². The van der Waals surface area contributed by atoms with E-state index in [1.54, 1.807) is 0 Å². The summed E-state index contributed by atoms with van der Waals surface area (Å²) in [6, 6.07) is 7.35. The molecule has 0 aliphatic carbocycles. The Morgan fingerprint density at radius 3 is 2.79 bits per heavy atom. The Morgan fingerprint density at radius 2 is 2.11 bits per heavy atom. The monoisotopic (exact) mass is 429 g/mol. The number of esters is 1. The van der Waals surface area contributed by atoms with Gasteiger partial charge in [-0.15, -0.1) is 0 Å². The van der Waals surface area contributed by atoms with Crippen LogP contribution in [0.25, 0.3) is 0 Å². The molecule has 1 aromatic carbocycles. The van der Waals surface area contributed by atoms with Crippen LogP contribution in [0.3, 0.4) is 0 Å². The number of halogens is 1. The molecule has 2 fully saturated rings. The Kier molecular flexibility index (Phi) is 7.33. The molecule has 2 atom stereocenters. The second-order valence-corrected chi connectivity index (χ2v) is 10.1. The summed E-state index contributed by atoms with van der Waals surface area (Å²) in [5, 5.41) is 3.07. The molecule has 0 saturated carbocycles. The van der Waals surface area contributed by atoms with Gasteiger partial charge >= 0.3 is 5.97 Å². The van der Waals surface area contributed by atoms with Gasteiger partial charge in [-0.3, -0.25) is 9.69 Å². The summed E-state index contributed by atoms with van der Waals surface area (Å²) in [4.78, 5) is 13.9. The van der Waals surface area contributed by atoms with Crippen LogP contribution in [0.1, 0.15) is 24.8 Å². The van der Waals surface area contributed by atoms with E-state index in [0.717, 1.165) is 37.5 Å². The van der Waals surface area contributed by atoms with Gasteiger partial charge in [-0.2, -0.15) is 0 Å². The van der Waals surface area contributed by atoms with Crippen LogP contribution < -0.4 is 10.0 Å². The maximum atomic E-state index is 12.5. The van der Waals surface area contributed by atoms with E-state index in [4.69, 9.17) is 11.6 Å². The number of benzene rings is 1. The molecule has 28 heavy (non-hydrogen) atoms. The zero-order valence-corrected chi connectivity index (χ0v) is 17.6. The molecule has 1 aromatic rings. The number of rotatable bonds is 7. The third-order valence-electron chi connectivity index (χ3n) is 5.59. The van der Waals surface area contributed by atoms with Gasteiger partial charge in [0.15, 0.2) is 0 Å². The quantitative estimate of drug-likeness (QED) is 0.636. The number of carbonyl (C=O) groups is 1. The fraction of sp³-hybridized carbons (Fsp3) is 0.632. The number of likely N-dealkylation sites (tertiary alicyclic amines) is 1. The number of methoxy groups -OCH3 is 1. The molecule has 9 heteroatoms. The molecule has 2 aliphatic heterocycles. The van der Waals surface area contributed by atoms with Crippen LogP contribution >= 0.6 is 11.6 Å². The highest BCUT2D eigenvalue weighted by atomic mass is 35.5. The summed E-state index contributed by atoms with van der Waals surface area (Å²) in [5.41, 5.74) is 1.19. The second kappa shape index (κ2) is 9.54. The number of nitrogens with one attached hydrogen (secondary N) is 2. The van der Waals surface area contributed by atoms with Gasteiger partial charge in [-0.05, 0) is 56.0 Å². The van der Waals surface area contributed by atoms with Crippen molar-refractivity contribution in [2.75, 3.05) is 33.3 Å². The summed E-state index contributed by atoms with van der Waals surface area (Å²) in [6.45, 7) is 3.46. The molecular weight excluding hydrogens is 402 g/mol. The third-order valence-corrected chi connectivity index (χ3v) is 7.63. The first kappa shape index (κ1) is 21.5. The van der Waals surface area contributed by atoms with Gasteiger partial charge < -0.3 is 10.1 Å². The Morgan fingerprint density at radius 1 is 1.36 bits per heavy atom. The summed E-state index contributed by atoms with van der Waals surface area (Å²) >= 11 is 6.04. The number of carbonyl (C=O) groups excluding carboxylic acids is 1. The van der Waals surface area contributed by atoms with Crippen molar-refractivity contribution in [3.8, 4) is 0 Å². The van der Waals surface area contributed by atoms with E-state index in [-0.39, 0.29) is 13.0 Å². The number of piperidine rings is 1.